The highest BCUT2D eigenvalue weighted by Crippen LogP contribution is 2.20. The Labute approximate surface area is 106 Å². The summed E-state index contributed by atoms with van der Waals surface area (Å²) in [7, 11) is 2.10. The summed E-state index contributed by atoms with van der Waals surface area (Å²) in [6.07, 6.45) is 7.75. The maximum atomic E-state index is 5.49. The summed E-state index contributed by atoms with van der Waals surface area (Å²) in [6.45, 7) is 6.68. The Morgan fingerprint density at radius 3 is 2.38 bits per heavy atom. The van der Waals surface area contributed by atoms with Gasteiger partial charge in [0.2, 0.25) is 0 Å². The third-order valence-corrected chi connectivity index (χ3v) is 4.40. The summed E-state index contributed by atoms with van der Waals surface area (Å²) in [6, 6.07) is 0.608. The summed E-state index contributed by atoms with van der Waals surface area (Å²) in [5, 5.41) is 4.43. The highest BCUT2D eigenvalue weighted by atomic mass is 32.1. The van der Waals surface area contributed by atoms with Crippen molar-refractivity contribution in [3.63, 3.8) is 0 Å². The van der Waals surface area contributed by atoms with Crippen LogP contribution in [0.1, 0.15) is 59.3 Å². The van der Waals surface area contributed by atoms with Crippen LogP contribution in [0.5, 0.6) is 0 Å². The minimum absolute atomic E-state index is 0.152. The fourth-order valence-electron chi connectivity index (χ4n) is 2.03. The molecule has 0 bridgehead atoms. The van der Waals surface area contributed by atoms with E-state index in [4.69, 9.17) is 12.2 Å². The van der Waals surface area contributed by atoms with Gasteiger partial charge in [0.1, 0.15) is 0 Å². The summed E-state index contributed by atoms with van der Waals surface area (Å²) in [4.78, 5) is 2.21. The Morgan fingerprint density at radius 1 is 1.31 bits per heavy atom. The molecular weight excluding hydrogens is 216 g/mol. The van der Waals surface area contributed by atoms with Crippen LogP contribution in [0.4, 0.5) is 0 Å². The van der Waals surface area contributed by atoms with Gasteiger partial charge in [-0.15, -0.1) is 0 Å². The molecule has 1 rings (SSSR count). The van der Waals surface area contributed by atoms with Crippen LogP contribution in [0.2, 0.25) is 0 Å². The topological polar surface area (TPSA) is 15.3 Å². The lowest BCUT2D eigenvalue weighted by atomic mass is 9.95. The number of rotatable bonds is 3. The maximum absolute atomic E-state index is 5.49. The highest BCUT2D eigenvalue weighted by molar-refractivity contribution is 7.80. The fraction of sp³-hybridized carbons (Fsp3) is 0.923. The van der Waals surface area contributed by atoms with Crippen LogP contribution in [-0.2, 0) is 0 Å². The molecule has 0 saturated heterocycles. The Morgan fingerprint density at radius 2 is 1.88 bits per heavy atom. The molecule has 0 unspecified atom stereocenters. The van der Waals surface area contributed by atoms with Gasteiger partial charge in [0.05, 0.1) is 0 Å². The highest BCUT2D eigenvalue weighted by Gasteiger charge is 2.24. The van der Waals surface area contributed by atoms with Crippen molar-refractivity contribution in [1.29, 1.82) is 0 Å². The van der Waals surface area contributed by atoms with Gasteiger partial charge in [-0.25, -0.2) is 0 Å². The zero-order chi connectivity index (χ0) is 12.2. The van der Waals surface area contributed by atoms with E-state index in [1.165, 1.54) is 32.1 Å². The molecule has 0 spiro atoms. The molecule has 1 aliphatic carbocycles. The molecule has 0 aliphatic heterocycles. The first kappa shape index (κ1) is 13.8. The summed E-state index contributed by atoms with van der Waals surface area (Å²) >= 11 is 5.49. The van der Waals surface area contributed by atoms with Crippen LogP contribution in [0.25, 0.3) is 0 Å². The Kier molecular flexibility index (Phi) is 5.03. The molecule has 0 radical (unpaired) electrons. The van der Waals surface area contributed by atoms with E-state index in [-0.39, 0.29) is 5.54 Å². The number of hydrogen-bond acceptors (Lipinski definition) is 1. The van der Waals surface area contributed by atoms with Gasteiger partial charge in [0.15, 0.2) is 5.11 Å². The molecule has 0 atom stereocenters. The molecule has 0 amide bonds. The van der Waals surface area contributed by atoms with Gasteiger partial charge in [0.25, 0.3) is 0 Å². The maximum Gasteiger partial charge on any atom is 0.169 e. The van der Waals surface area contributed by atoms with Crippen LogP contribution >= 0.6 is 12.2 Å². The van der Waals surface area contributed by atoms with Gasteiger partial charge in [-0.05, 0) is 45.3 Å². The lowest BCUT2D eigenvalue weighted by Crippen LogP contribution is -2.51. The zero-order valence-electron chi connectivity index (χ0n) is 11.2. The Balaban J connectivity index is 2.44. The van der Waals surface area contributed by atoms with Crippen LogP contribution < -0.4 is 5.32 Å². The van der Waals surface area contributed by atoms with E-state index in [1.54, 1.807) is 0 Å². The first-order valence-corrected chi connectivity index (χ1v) is 6.92. The fourth-order valence-corrected chi connectivity index (χ4v) is 2.44. The van der Waals surface area contributed by atoms with Crippen molar-refractivity contribution in [3.8, 4) is 0 Å². The van der Waals surface area contributed by atoms with Crippen molar-refractivity contribution in [3.05, 3.63) is 0 Å². The van der Waals surface area contributed by atoms with Crippen LogP contribution in [0.15, 0.2) is 0 Å². The smallest absolute Gasteiger partial charge is 0.169 e. The van der Waals surface area contributed by atoms with Crippen LogP contribution in [-0.4, -0.2) is 28.6 Å². The van der Waals surface area contributed by atoms with Gasteiger partial charge >= 0.3 is 0 Å². The van der Waals surface area contributed by atoms with Crippen molar-refractivity contribution < 1.29 is 0 Å². The minimum Gasteiger partial charge on any atom is -0.360 e. The van der Waals surface area contributed by atoms with E-state index in [2.05, 4.69) is 38.0 Å². The lowest BCUT2D eigenvalue weighted by Gasteiger charge is -2.38. The monoisotopic (exact) mass is 242 g/mol. The van der Waals surface area contributed by atoms with Gasteiger partial charge in [-0.2, -0.15) is 0 Å². The number of nitrogens with one attached hydrogen (secondary N) is 1. The molecule has 1 fully saturated rings. The van der Waals surface area contributed by atoms with Crippen LogP contribution in [0, 0.1) is 0 Å². The SMILES string of the molecule is CCC(C)(C)N(C)C(=S)NC1CCCCC1. The van der Waals surface area contributed by atoms with Gasteiger partial charge in [-0.3, -0.25) is 0 Å². The summed E-state index contributed by atoms with van der Waals surface area (Å²) in [5.41, 5.74) is 0.152. The van der Waals surface area contributed by atoms with Crippen LogP contribution in [0.3, 0.4) is 0 Å². The minimum atomic E-state index is 0.152. The number of hydrogen-bond donors (Lipinski definition) is 1. The average molecular weight is 242 g/mol. The first-order valence-electron chi connectivity index (χ1n) is 6.51. The average Bonchev–Trinajstić information content (AvgIpc) is 2.29. The van der Waals surface area contributed by atoms with Gasteiger partial charge in [0, 0.05) is 18.6 Å². The van der Waals surface area contributed by atoms with E-state index < -0.39 is 0 Å². The molecule has 16 heavy (non-hydrogen) atoms. The standard InChI is InChI=1S/C13H26N2S/c1-5-13(2,3)15(4)12(16)14-11-9-7-6-8-10-11/h11H,5-10H2,1-4H3,(H,14,16). The lowest BCUT2D eigenvalue weighted by molar-refractivity contribution is 0.239. The second-order valence-electron chi connectivity index (χ2n) is 5.51. The molecule has 0 aromatic carbocycles. The van der Waals surface area contributed by atoms with E-state index >= 15 is 0 Å². The molecule has 1 saturated carbocycles. The Hall–Kier alpha value is -0.310. The number of thiocarbonyl (C=S) groups is 1. The van der Waals surface area contributed by atoms with Crippen molar-refractivity contribution in [2.45, 2.75) is 70.9 Å². The largest absolute Gasteiger partial charge is 0.360 e. The quantitative estimate of drug-likeness (QED) is 0.764. The second-order valence-corrected chi connectivity index (χ2v) is 5.90. The van der Waals surface area contributed by atoms with E-state index in [0.29, 0.717) is 6.04 Å². The molecule has 0 heterocycles. The van der Waals surface area contributed by atoms with Gasteiger partial charge < -0.3 is 10.2 Å². The van der Waals surface area contributed by atoms with Crippen molar-refractivity contribution >= 4 is 17.3 Å². The molecule has 0 aromatic rings. The molecule has 1 N–H and O–H groups in total. The van der Waals surface area contributed by atoms with Crippen molar-refractivity contribution in [2.24, 2.45) is 0 Å². The number of nitrogens with zero attached hydrogens (tertiary/aromatic N) is 1. The molecule has 0 aromatic heterocycles. The Bertz CT molecular complexity index is 232. The molecule has 2 nitrogen and oxygen atoms in total. The van der Waals surface area contributed by atoms with Crippen molar-refractivity contribution in [1.82, 2.24) is 10.2 Å². The summed E-state index contributed by atoms with van der Waals surface area (Å²) in [5.74, 6) is 0. The molecule has 94 valence electrons. The van der Waals surface area contributed by atoms with E-state index in [0.717, 1.165) is 11.5 Å². The van der Waals surface area contributed by atoms with E-state index in [1.807, 2.05) is 0 Å². The van der Waals surface area contributed by atoms with Gasteiger partial charge in [-0.1, -0.05) is 26.2 Å². The third kappa shape index (κ3) is 3.62. The predicted octanol–water partition coefficient (Wildman–Crippen LogP) is 3.31. The first-order chi connectivity index (χ1) is 7.47. The third-order valence-electron chi connectivity index (χ3n) is 4.01. The zero-order valence-corrected chi connectivity index (χ0v) is 12.0. The molecule has 1 aliphatic rings. The summed E-state index contributed by atoms with van der Waals surface area (Å²) < 4.78 is 0. The van der Waals surface area contributed by atoms with E-state index in [9.17, 15) is 0 Å². The van der Waals surface area contributed by atoms with Crippen molar-refractivity contribution in [2.75, 3.05) is 7.05 Å². The molecule has 3 heteroatoms. The second kappa shape index (κ2) is 5.85. The molecular formula is C13H26N2S. The normalized spacial score (nSPS) is 18.2. The predicted molar refractivity (Wildman–Crippen MR) is 74.7 cm³/mol.